The van der Waals surface area contributed by atoms with Crippen molar-refractivity contribution in [2.75, 3.05) is 6.61 Å². The fourth-order valence-corrected chi connectivity index (χ4v) is 2.04. The molecule has 0 heterocycles. The second-order valence-electron chi connectivity index (χ2n) is 4.43. The van der Waals surface area contributed by atoms with E-state index in [1.54, 1.807) is 31.2 Å². The number of nitro benzene ring substituents is 1. The molecule has 6 heteroatoms. The Morgan fingerprint density at radius 1 is 1.24 bits per heavy atom. The average molecular weight is 350 g/mol. The van der Waals surface area contributed by atoms with Crippen molar-refractivity contribution in [3.8, 4) is 5.75 Å². The Labute approximate surface area is 129 Å². The van der Waals surface area contributed by atoms with Crippen molar-refractivity contribution in [2.24, 2.45) is 0 Å². The number of carbonyl (C=O) groups excluding carboxylic acids is 1. The monoisotopic (exact) mass is 349 g/mol. The van der Waals surface area contributed by atoms with E-state index in [0.29, 0.717) is 16.9 Å². The summed E-state index contributed by atoms with van der Waals surface area (Å²) >= 11 is 3.30. The van der Waals surface area contributed by atoms with Gasteiger partial charge in [-0.3, -0.25) is 14.9 Å². The molecule has 2 rings (SSSR count). The van der Waals surface area contributed by atoms with Gasteiger partial charge in [-0.05, 0) is 30.7 Å². The van der Waals surface area contributed by atoms with Crippen LogP contribution in [-0.4, -0.2) is 17.3 Å². The zero-order valence-electron chi connectivity index (χ0n) is 11.2. The third-order valence-electron chi connectivity index (χ3n) is 2.89. The number of rotatable bonds is 5. The molecule has 0 fully saturated rings. The van der Waals surface area contributed by atoms with E-state index in [9.17, 15) is 14.9 Å². The number of Topliss-reactive ketones (excluding diaryl/α,β-unsaturated/α-hetero) is 1. The van der Waals surface area contributed by atoms with Gasteiger partial charge in [0.15, 0.2) is 12.4 Å². The number of nitrogens with zero attached hydrogens (tertiary/aromatic N) is 1. The molecule has 0 atom stereocenters. The van der Waals surface area contributed by atoms with E-state index in [0.717, 1.165) is 4.47 Å². The third-order valence-corrected chi connectivity index (χ3v) is 3.42. The number of hydrogen-bond acceptors (Lipinski definition) is 4. The van der Waals surface area contributed by atoms with Crippen molar-refractivity contribution in [3.63, 3.8) is 0 Å². The fraction of sp³-hybridized carbons (Fsp3) is 0.133. The standard InChI is InChI=1S/C15H12BrNO4/c1-10-8-13(17(19)20)6-7-15(10)21-9-14(18)11-2-4-12(16)5-3-11/h2-8H,9H2,1H3. The van der Waals surface area contributed by atoms with Crippen molar-refractivity contribution in [2.45, 2.75) is 6.92 Å². The topological polar surface area (TPSA) is 69.4 Å². The zero-order chi connectivity index (χ0) is 15.4. The van der Waals surface area contributed by atoms with Crippen molar-refractivity contribution in [1.29, 1.82) is 0 Å². The van der Waals surface area contributed by atoms with Gasteiger partial charge in [0.05, 0.1) is 4.92 Å². The number of ketones is 1. The van der Waals surface area contributed by atoms with E-state index in [1.807, 2.05) is 0 Å². The van der Waals surface area contributed by atoms with Gasteiger partial charge >= 0.3 is 0 Å². The van der Waals surface area contributed by atoms with Gasteiger partial charge in [0.1, 0.15) is 5.75 Å². The summed E-state index contributed by atoms with van der Waals surface area (Å²) in [4.78, 5) is 22.1. The molecule has 0 unspecified atom stereocenters. The van der Waals surface area contributed by atoms with Crippen LogP contribution in [0, 0.1) is 17.0 Å². The van der Waals surface area contributed by atoms with Crippen LogP contribution in [0.15, 0.2) is 46.9 Å². The van der Waals surface area contributed by atoms with Gasteiger partial charge in [0.25, 0.3) is 5.69 Å². The van der Waals surface area contributed by atoms with E-state index in [4.69, 9.17) is 4.74 Å². The first-order chi connectivity index (χ1) is 9.97. The Hall–Kier alpha value is -2.21. The van der Waals surface area contributed by atoms with Crippen LogP contribution in [0.4, 0.5) is 5.69 Å². The molecule has 0 saturated heterocycles. The molecule has 0 aliphatic heterocycles. The molecule has 5 nitrogen and oxygen atoms in total. The van der Waals surface area contributed by atoms with Gasteiger partial charge in [-0.15, -0.1) is 0 Å². The Bertz CT molecular complexity index is 683. The van der Waals surface area contributed by atoms with Crippen molar-refractivity contribution in [3.05, 3.63) is 68.2 Å². The quantitative estimate of drug-likeness (QED) is 0.465. The molecule has 21 heavy (non-hydrogen) atoms. The Kier molecular flexibility index (Phi) is 4.70. The normalized spacial score (nSPS) is 10.2. The molecular formula is C15H12BrNO4. The highest BCUT2D eigenvalue weighted by molar-refractivity contribution is 9.10. The fourth-order valence-electron chi connectivity index (χ4n) is 1.77. The van der Waals surface area contributed by atoms with E-state index in [-0.39, 0.29) is 18.1 Å². The molecule has 0 radical (unpaired) electrons. The maximum absolute atomic E-state index is 12.0. The summed E-state index contributed by atoms with van der Waals surface area (Å²) in [6.07, 6.45) is 0. The highest BCUT2D eigenvalue weighted by Crippen LogP contribution is 2.23. The highest BCUT2D eigenvalue weighted by Gasteiger charge is 2.11. The zero-order valence-corrected chi connectivity index (χ0v) is 12.8. The minimum absolute atomic E-state index is 0.000846. The molecule has 2 aromatic carbocycles. The number of carbonyl (C=O) groups is 1. The predicted molar refractivity (Wildman–Crippen MR) is 81.8 cm³/mol. The highest BCUT2D eigenvalue weighted by atomic mass is 79.9. The van der Waals surface area contributed by atoms with Crippen LogP contribution < -0.4 is 4.74 Å². The van der Waals surface area contributed by atoms with Crippen LogP contribution in [0.2, 0.25) is 0 Å². The van der Waals surface area contributed by atoms with Crippen LogP contribution in [0.5, 0.6) is 5.75 Å². The lowest BCUT2D eigenvalue weighted by Crippen LogP contribution is -2.12. The van der Waals surface area contributed by atoms with Crippen LogP contribution in [0.25, 0.3) is 0 Å². The molecule has 0 amide bonds. The summed E-state index contributed by atoms with van der Waals surface area (Å²) < 4.78 is 6.33. The first kappa shape index (κ1) is 15.2. The number of ether oxygens (including phenoxy) is 1. The number of aryl methyl sites for hydroxylation is 1. The van der Waals surface area contributed by atoms with E-state index >= 15 is 0 Å². The minimum atomic E-state index is -0.468. The van der Waals surface area contributed by atoms with Gasteiger partial charge < -0.3 is 4.74 Å². The third kappa shape index (κ3) is 3.88. The number of benzene rings is 2. The Morgan fingerprint density at radius 2 is 1.90 bits per heavy atom. The lowest BCUT2D eigenvalue weighted by Gasteiger charge is -2.08. The second-order valence-corrected chi connectivity index (χ2v) is 5.34. The number of hydrogen-bond donors (Lipinski definition) is 0. The molecule has 0 aromatic heterocycles. The largest absolute Gasteiger partial charge is 0.485 e. The van der Waals surface area contributed by atoms with Crippen molar-refractivity contribution < 1.29 is 14.5 Å². The van der Waals surface area contributed by atoms with Crippen LogP contribution in [-0.2, 0) is 0 Å². The summed E-state index contributed by atoms with van der Waals surface area (Å²) in [5.74, 6) is 0.311. The van der Waals surface area contributed by atoms with E-state index in [2.05, 4.69) is 15.9 Å². The summed E-state index contributed by atoms with van der Waals surface area (Å²) in [6, 6.07) is 11.2. The van der Waals surface area contributed by atoms with E-state index < -0.39 is 4.92 Å². The first-order valence-corrected chi connectivity index (χ1v) is 6.93. The maximum atomic E-state index is 12.0. The summed E-state index contributed by atoms with van der Waals surface area (Å²) in [5.41, 5.74) is 1.17. The summed E-state index contributed by atoms with van der Waals surface area (Å²) in [5, 5.41) is 10.6. The molecule has 0 N–H and O–H groups in total. The lowest BCUT2D eigenvalue weighted by molar-refractivity contribution is -0.384. The summed E-state index contributed by atoms with van der Waals surface area (Å²) in [7, 11) is 0. The van der Waals surface area contributed by atoms with E-state index in [1.165, 1.54) is 18.2 Å². The van der Waals surface area contributed by atoms with Crippen LogP contribution in [0.1, 0.15) is 15.9 Å². The van der Waals surface area contributed by atoms with Gasteiger partial charge in [0, 0.05) is 22.2 Å². The van der Waals surface area contributed by atoms with Crippen LogP contribution in [0.3, 0.4) is 0 Å². The molecule has 0 aliphatic rings. The molecule has 2 aromatic rings. The average Bonchev–Trinajstić information content (AvgIpc) is 2.46. The number of nitro groups is 1. The molecule has 0 bridgehead atoms. The lowest BCUT2D eigenvalue weighted by atomic mass is 10.1. The molecule has 108 valence electrons. The predicted octanol–water partition coefficient (Wildman–Crippen LogP) is 3.93. The maximum Gasteiger partial charge on any atom is 0.269 e. The molecule has 0 spiro atoms. The molecular weight excluding hydrogens is 338 g/mol. The number of halogens is 1. The minimum Gasteiger partial charge on any atom is -0.485 e. The van der Waals surface area contributed by atoms with Gasteiger partial charge in [-0.2, -0.15) is 0 Å². The Balaban J connectivity index is 2.04. The number of non-ortho nitro benzene ring substituents is 1. The van der Waals surface area contributed by atoms with Gasteiger partial charge in [-0.1, -0.05) is 28.1 Å². The first-order valence-electron chi connectivity index (χ1n) is 6.14. The van der Waals surface area contributed by atoms with Gasteiger partial charge in [0.2, 0.25) is 0 Å². The van der Waals surface area contributed by atoms with Crippen molar-refractivity contribution in [1.82, 2.24) is 0 Å². The smallest absolute Gasteiger partial charge is 0.269 e. The SMILES string of the molecule is Cc1cc([N+](=O)[O-])ccc1OCC(=O)c1ccc(Br)cc1. The van der Waals surface area contributed by atoms with Gasteiger partial charge in [-0.25, -0.2) is 0 Å². The van der Waals surface area contributed by atoms with Crippen LogP contribution >= 0.6 is 15.9 Å². The molecule has 0 aliphatic carbocycles. The molecule has 0 saturated carbocycles. The second kappa shape index (κ2) is 6.49. The summed E-state index contributed by atoms with van der Waals surface area (Å²) in [6.45, 7) is 1.59. The Morgan fingerprint density at radius 3 is 2.48 bits per heavy atom. The van der Waals surface area contributed by atoms with Crippen molar-refractivity contribution >= 4 is 27.4 Å².